The second-order valence-corrected chi connectivity index (χ2v) is 5.10. The SMILES string of the molecule is C=C(C(=O)[O-])C(CCc1ccccc1)(CC(=O)OCC)C(=O)[O-]. The molecule has 0 radical (unpaired) electrons. The van der Waals surface area contributed by atoms with E-state index in [1.54, 1.807) is 37.3 Å². The van der Waals surface area contributed by atoms with Crippen molar-refractivity contribution in [2.75, 3.05) is 6.61 Å². The maximum Gasteiger partial charge on any atom is 0.307 e. The van der Waals surface area contributed by atoms with E-state index < -0.39 is 35.3 Å². The molecule has 1 atom stereocenters. The average molecular weight is 318 g/mol. The fourth-order valence-electron chi connectivity index (χ4n) is 2.30. The zero-order valence-electron chi connectivity index (χ0n) is 12.9. The smallest absolute Gasteiger partial charge is 0.307 e. The molecule has 0 N–H and O–H groups in total. The molecule has 6 heteroatoms. The van der Waals surface area contributed by atoms with Crippen molar-refractivity contribution in [3.8, 4) is 0 Å². The molecule has 0 fully saturated rings. The summed E-state index contributed by atoms with van der Waals surface area (Å²) in [5, 5.41) is 22.8. The molecule has 1 unspecified atom stereocenters. The van der Waals surface area contributed by atoms with E-state index >= 15 is 0 Å². The lowest BCUT2D eigenvalue weighted by Crippen LogP contribution is -2.49. The van der Waals surface area contributed by atoms with E-state index in [1.165, 1.54) is 0 Å². The van der Waals surface area contributed by atoms with Gasteiger partial charge in [-0.05, 0) is 30.9 Å². The van der Waals surface area contributed by atoms with Crippen molar-refractivity contribution >= 4 is 17.9 Å². The number of carboxylic acids is 2. The van der Waals surface area contributed by atoms with Gasteiger partial charge in [0.1, 0.15) is 0 Å². The highest BCUT2D eigenvalue weighted by Gasteiger charge is 2.38. The van der Waals surface area contributed by atoms with E-state index in [0.29, 0.717) is 0 Å². The maximum atomic E-state index is 11.7. The first-order valence-corrected chi connectivity index (χ1v) is 7.15. The van der Waals surface area contributed by atoms with Gasteiger partial charge in [0.05, 0.1) is 25.0 Å². The van der Waals surface area contributed by atoms with Crippen LogP contribution in [0.25, 0.3) is 0 Å². The number of hydrogen-bond donors (Lipinski definition) is 0. The summed E-state index contributed by atoms with van der Waals surface area (Å²) in [4.78, 5) is 34.5. The van der Waals surface area contributed by atoms with Crippen LogP contribution in [-0.2, 0) is 25.5 Å². The second kappa shape index (κ2) is 8.12. The van der Waals surface area contributed by atoms with Gasteiger partial charge in [0.25, 0.3) is 0 Å². The standard InChI is InChI=1S/C17H20O6/c1-3-23-14(18)11-17(16(21)22,12(2)15(19)20)10-9-13-7-5-4-6-8-13/h4-8H,2-3,9-11H2,1H3,(H,19,20)(H,21,22)/p-2. The minimum Gasteiger partial charge on any atom is -0.549 e. The predicted molar refractivity (Wildman–Crippen MR) is 77.6 cm³/mol. The highest BCUT2D eigenvalue weighted by Crippen LogP contribution is 2.36. The molecule has 0 aliphatic rings. The summed E-state index contributed by atoms with van der Waals surface area (Å²) in [5.41, 5.74) is -1.96. The van der Waals surface area contributed by atoms with Crippen molar-refractivity contribution in [2.45, 2.75) is 26.2 Å². The van der Waals surface area contributed by atoms with Gasteiger partial charge in [-0.15, -0.1) is 0 Å². The Hall–Kier alpha value is -2.63. The lowest BCUT2D eigenvalue weighted by molar-refractivity contribution is -0.322. The van der Waals surface area contributed by atoms with E-state index in [2.05, 4.69) is 6.58 Å². The summed E-state index contributed by atoms with van der Waals surface area (Å²) in [5.74, 6) is -4.24. The van der Waals surface area contributed by atoms with E-state index in [0.717, 1.165) is 5.56 Å². The van der Waals surface area contributed by atoms with Crippen LogP contribution in [0.1, 0.15) is 25.3 Å². The molecule has 0 spiro atoms. The largest absolute Gasteiger partial charge is 0.549 e. The number of aliphatic carboxylic acids is 2. The molecule has 0 aliphatic heterocycles. The number of ether oxygens (including phenoxy) is 1. The molecule has 0 amide bonds. The Balaban J connectivity index is 3.10. The lowest BCUT2D eigenvalue weighted by Gasteiger charge is -2.36. The van der Waals surface area contributed by atoms with Crippen molar-refractivity contribution in [1.82, 2.24) is 0 Å². The second-order valence-electron chi connectivity index (χ2n) is 5.10. The summed E-state index contributed by atoms with van der Waals surface area (Å²) in [7, 11) is 0. The lowest BCUT2D eigenvalue weighted by atomic mass is 9.73. The summed E-state index contributed by atoms with van der Waals surface area (Å²) in [6.07, 6.45) is -0.589. The quantitative estimate of drug-likeness (QED) is 0.453. The highest BCUT2D eigenvalue weighted by atomic mass is 16.5. The third-order valence-electron chi connectivity index (χ3n) is 3.65. The molecular weight excluding hydrogens is 300 g/mol. The van der Waals surface area contributed by atoms with E-state index in [4.69, 9.17) is 4.74 Å². The molecule has 0 aromatic heterocycles. The Morgan fingerprint density at radius 1 is 1.17 bits per heavy atom. The van der Waals surface area contributed by atoms with E-state index in [9.17, 15) is 24.6 Å². The average Bonchev–Trinajstić information content (AvgIpc) is 2.51. The van der Waals surface area contributed by atoms with Crippen LogP contribution in [0.4, 0.5) is 0 Å². The third kappa shape index (κ3) is 4.67. The van der Waals surface area contributed by atoms with Crippen molar-refractivity contribution in [1.29, 1.82) is 0 Å². The molecule has 1 aromatic rings. The minimum atomic E-state index is -2.07. The number of hydrogen-bond acceptors (Lipinski definition) is 6. The topological polar surface area (TPSA) is 107 Å². The number of carbonyl (C=O) groups excluding carboxylic acids is 3. The Morgan fingerprint density at radius 2 is 1.78 bits per heavy atom. The Labute approximate surface area is 134 Å². The number of rotatable bonds is 9. The van der Waals surface area contributed by atoms with Crippen molar-refractivity contribution in [3.05, 3.63) is 48.0 Å². The molecule has 0 heterocycles. The van der Waals surface area contributed by atoms with Crippen LogP contribution in [-0.4, -0.2) is 24.5 Å². The summed E-state index contributed by atoms with van der Waals surface area (Å²) in [6.45, 7) is 4.90. The van der Waals surface area contributed by atoms with E-state index in [-0.39, 0.29) is 19.4 Å². The Kier molecular flexibility index (Phi) is 6.50. The van der Waals surface area contributed by atoms with Crippen LogP contribution >= 0.6 is 0 Å². The van der Waals surface area contributed by atoms with Gasteiger partial charge in [0, 0.05) is 5.41 Å². The predicted octanol–water partition coefficient (Wildman–Crippen LogP) is -0.385. The Bertz CT molecular complexity index is 592. The van der Waals surface area contributed by atoms with Gasteiger partial charge in [-0.2, -0.15) is 0 Å². The van der Waals surface area contributed by atoms with Crippen LogP contribution in [0, 0.1) is 5.41 Å². The monoisotopic (exact) mass is 318 g/mol. The first kappa shape index (κ1) is 18.4. The number of benzene rings is 1. The number of aryl methyl sites for hydroxylation is 1. The molecule has 23 heavy (non-hydrogen) atoms. The maximum absolute atomic E-state index is 11.7. The molecule has 0 saturated carbocycles. The van der Waals surface area contributed by atoms with Crippen molar-refractivity contribution < 1.29 is 29.3 Å². The number of esters is 1. The zero-order valence-corrected chi connectivity index (χ0v) is 12.9. The molecule has 6 nitrogen and oxygen atoms in total. The van der Waals surface area contributed by atoms with Gasteiger partial charge in [-0.25, -0.2) is 0 Å². The van der Waals surface area contributed by atoms with Crippen LogP contribution in [0.5, 0.6) is 0 Å². The van der Waals surface area contributed by atoms with Gasteiger partial charge in [0.2, 0.25) is 0 Å². The summed E-state index contributed by atoms with van der Waals surface area (Å²) >= 11 is 0. The highest BCUT2D eigenvalue weighted by molar-refractivity contribution is 5.96. The molecule has 124 valence electrons. The number of carbonyl (C=O) groups is 3. The molecular formula is C17H18O6-2. The Morgan fingerprint density at radius 3 is 2.26 bits per heavy atom. The fourth-order valence-corrected chi connectivity index (χ4v) is 2.30. The molecule has 1 aromatic carbocycles. The summed E-state index contributed by atoms with van der Waals surface area (Å²) in [6, 6.07) is 8.89. The molecule has 0 bridgehead atoms. The fraction of sp³-hybridized carbons (Fsp3) is 0.353. The van der Waals surface area contributed by atoms with Crippen LogP contribution in [0.15, 0.2) is 42.5 Å². The molecule has 0 aliphatic carbocycles. The summed E-state index contributed by atoms with van der Waals surface area (Å²) < 4.78 is 4.75. The minimum absolute atomic E-state index is 0.0540. The van der Waals surface area contributed by atoms with Gasteiger partial charge in [0.15, 0.2) is 0 Å². The van der Waals surface area contributed by atoms with E-state index in [1.807, 2.05) is 0 Å². The first-order valence-electron chi connectivity index (χ1n) is 7.15. The van der Waals surface area contributed by atoms with Gasteiger partial charge in [-0.3, -0.25) is 4.79 Å². The van der Waals surface area contributed by atoms with Gasteiger partial charge >= 0.3 is 5.97 Å². The van der Waals surface area contributed by atoms with Crippen LogP contribution in [0.2, 0.25) is 0 Å². The zero-order chi connectivity index (χ0) is 17.5. The van der Waals surface area contributed by atoms with Crippen LogP contribution < -0.4 is 10.2 Å². The van der Waals surface area contributed by atoms with Crippen LogP contribution in [0.3, 0.4) is 0 Å². The van der Waals surface area contributed by atoms with Crippen molar-refractivity contribution in [2.24, 2.45) is 5.41 Å². The van der Waals surface area contributed by atoms with Gasteiger partial charge in [-0.1, -0.05) is 36.9 Å². The normalized spacial score (nSPS) is 12.9. The molecule has 0 saturated heterocycles. The molecule has 1 rings (SSSR count). The first-order chi connectivity index (χ1) is 10.8. The van der Waals surface area contributed by atoms with Crippen molar-refractivity contribution in [3.63, 3.8) is 0 Å². The van der Waals surface area contributed by atoms with Gasteiger partial charge < -0.3 is 24.5 Å². The number of carboxylic acid groups (broad SMARTS) is 2. The third-order valence-corrected chi connectivity index (χ3v) is 3.65.